The van der Waals surface area contributed by atoms with Crippen LogP contribution in [0.3, 0.4) is 0 Å². The van der Waals surface area contributed by atoms with Gasteiger partial charge in [-0.25, -0.2) is 19.7 Å². The summed E-state index contributed by atoms with van der Waals surface area (Å²) in [5.41, 5.74) is 10.3. The van der Waals surface area contributed by atoms with Gasteiger partial charge in [0.15, 0.2) is 11.6 Å². The number of carbonyl (C=O) groups excluding carboxylic acids is 1. The number of hydrogen-bond acceptors (Lipinski definition) is 6. The number of nitrogens with zero attached hydrogens (tertiary/aromatic N) is 5. The molecule has 4 N–H and O–H groups in total. The van der Waals surface area contributed by atoms with Crippen LogP contribution in [0.4, 0.5) is 10.6 Å². The van der Waals surface area contributed by atoms with Gasteiger partial charge in [-0.05, 0) is 24.1 Å². The zero-order chi connectivity index (χ0) is 20.5. The number of amides is 2. The van der Waals surface area contributed by atoms with Crippen LogP contribution < -0.4 is 11.1 Å². The SMILES string of the molecule is Nc1ncc(C2=CCN(C(=O)N3CCNCC3)CC2)nc1-c1nc2ccccc2[nH]1.[HH].[HH]. The van der Waals surface area contributed by atoms with Crippen molar-refractivity contribution in [3.8, 4) is 11.5 Å². The number of carbonyl (C=O) groups is 1. The molecule has 9 heteroatoms. The monoisotopic (exact) mass is 408 g/mol. The molecule has 1 aromatic carbocycles. The second-order valence-corrected chi connectivity index (χ2v) is 7.54. The van der Waals surface area contributed by atoms with Gasteiger partial charge in [0, 0.05) is 42.1 Å². The Labute approximate surface area is 177 Å². The van der Waals surface area contributed by atoms with Crippen molar-refractivity contribution >= 4 is 28.5 Å². The van der Waals surface area contributed by atoms with Gasteiger partial charge in [0.25, 0.3) is 0 Å². The molecule has 9 nitrogen and oxygen atoms in total. The molecule has 2 aliphatic rings. The quantitative estimate of drug-likeness (QED) is 0.599. The summed E-state index contributed by atoms with van der Waals surface area (Å²) in [6.45, 7) is 4.47. The normalized spacial score (nSPS) is 17.3. The number of nitrogen functional groups attached to an aromatic ring is 1. The lowest BCUT2D eigenvalue weighted by Gasteiger charge is -2.34. The van der Waals surface area contributed by atoms with Gasteiger partial charge in [-0.2, -0.15) is 0 Å². The highest BCUT2D eigenvalue weighted by atomic mass is 16.2. The fourth-order valence-corrected chi connectivity index (χ4v) is 3.92. The first-order valence-electron chi connectivity index (χ1n) is 10.2. The Morgan fingerprint density at radius 1 is 1.10 bits per heavy atom. The van der Waals surface area contributed by atoms with Crippen molar-refractivity contribution in [2.45, 2.75) is 6.42 Å². The molecule has 1 saturated heterocycles. The molecular weight excluding hydrogens is 380 g/mol. The number of imidazole rings is 1. The number of aromatic amines is 1. The first-order valence-corrected chi connectivity index (χ1v) is 10.2. The lowest BCUT2D eigenvalue weighted by molar-refractivity contribution is 0.151. The number of nitrogens with two attached hydrogens (primary N) is 1. The minimum Gasteiger partial charge on any atom is -0.382 e. The van der Waals surface area contributed by atoms with Gasteiger partial charge >= 0.3 is 6.03 Å². The maximum absolute atomic E-state index is 12.7. The topological polar surface area (TPSA) is 116 Å². The number of piperazine rings is 1. The molecule has 2 amide bonds. The average Bonchev–Trinajstić information content (AvgIpc) is 3.24. The van der Waals surface area contributed by atoms with E-state index < -0.39 is 0 Å². The number of anilines is 1. The first kappa shape index (κ1) is 18.6. The predicted molar refractivity (Wildman–Crippen MR) is 120 cm³/mol. The van der Waals surface area contributed by atoms with Crippen molar-refractivity contribution in [2.75, 3.05) is 45.0 Å². The van der Waals surface area contributed by atoms with Crippen LogP contribution in [0.2, 0.25) is 0 Å². The van der Waals surface area contributed by atoms with Crippen LogP contribution >= 0.6 is 0 Å². The zero-order valence-electron chi connectivity index (χ0n) is 16.6. The maximum atomic E-state index is 12.7. The number of hydrogen-bond donors (Lipinski definition) is 3. The molecule has 0 saturated carbocycles. The molecule has 0 unspecified atom stereocenters. The van der Waals surface area contributed by atoms with Gasteiger partial charge in [0.05, 0.1) is 22.9 Å². The first-order chi connectivity index (χ1) is 14.7. The molecule has 30 heavy (non-hydrogen) atoms. The Hall–Kier alpha value is -3.46. The Morgan fingerprint density at radius 2 is 1.93 bits per heavy atom. The third kappa shape index (κ3) is 3.48. The second-order valence-electron chi connectivity index (χ2n) is 7.54. The van der Waals surface area contributed by atoms with Gasteiger partial charge in [-0.1, -0.05) is 18.2 Å². The third-order valence-electron chi connectivity index (χ3n) is 5.61. The van der Waals surface area contributed by atoms with E-state index in [-0.39, 0.29) is 8.88 Å². The molecule has 5 rings (SSSR count). The summed E-state index contributed by atoms with van der Waals surface area (Å²) in [6.07, 6.45) is 4.49. The molecule has 158 valence electrons. The van der Waals surface area contributed by atoms with E-state index in [1.807, 2.05) is 34.1 Å². The predicted octanol–water partition coefficient (Wildman–Crippen LogP) is 2.21. The smallest absolute Gasteiger partial charge is 0.320 e. The molecular formula is C21H28N8O. The van der Waals surface area contributed by atoms with E-state index in [9.17, 15) is 4.79 Å². The summed E-state index contributed by atoms with van der Waals surface area (Å²) in [7, 11) is 0. The fraction of sp³-hybridized carbons (Fsp3) is 0.333. The van der Waals surface area contributed by atoms with Gasteiger partial charge in [-0.3, -0.25) is 0 Å². The molecule has 0 aliphatic carbocycles. The highest BCUT2D eigenvalue weighted by Gasteiger charge is 2.25. The van der Waals surface area contributed by atoms with E-state index >= 15 is 0 Å². The average molecular weight is 409 g/mol. The third-order valence-corrected chi connectivity index (χ3v) is 5.61. The molecule has 1 fully saturated rings. The number of rotatable bonds is 2. The summed E-state index contributed by atoms with van der Waals surface area (Å²) < 4.78 is 0. The van der Waals surface area contributed by atoms with E-state index in [1.54, 1.807) is 6.20 Å². The number of nitrogens with one attached hydrogen (secondary N) is 2. The lowest BCUT2D eigenvalue weighted by atomic mass is 10.1. The number of fused-ring (bicyclic) bond motifs is 1. The van der Waals surface area contributed by atoms with E-state index in [0.29, 0.717) is 30.4 Å². The van der Waals surface area contributed by atoms with Crippen LogP contribution in [0.5, 0.6) is 0 Å². The van der Waals surface area contributed by atoms with Crippen LogP contribution in [-0.2, 0) is 0 Å². The molecule has 2 aliphatic heterocycles. The fourth-order valence-electron chi connectivity index (χ4n) is 3.92. The van der Waals surface area contributed by atoms with Crippen LogP contribution in [-0.4, -0.2) is 75.0 Å². The Bertz CT molecular complexity index is 1090. The van der Waals surface area contributed by atoms with Crippen molar-refractivity contribution in [3.63, 3.8) is 0 Å². The van der Waals surface area contributed by atoms with Gasteiger partial charge in [0.1, 0.15) is 5.69 Å². The van der Waals surface area contributed by atoms with Gasteiger partial charge in [-0.15, -0.1) is 0 Å². The minimum absolute atomic E-state index is 0. The summed E-state index contributed by atoms with van der Waals surface area (Å²) in [5.74, 6) is 0.944. The molecule has 0 radical (unpaired) electrons. The van der Waals surface area contributed by atoms with Crippen LogP contribution in [0.25, 0.3) is 28.1 Å². The van der Waals surface area contributed by atoms with Crippen molar-refractivity contribution in [2.24, 2.45) is 0 Å². The Balaban J connectivity index is 0.00000144. The molecule has 0 atom stereocenters. The van der Waals surface area contributed by atoms with E-state index in [2.05, 4.69) is 26.3 Å². The minimum atomic E-state index is 0. The number of para-hydroxylation sites is 2. The molecule has 2 aromatic heterocycles. The molecule has 4 heterocycles. The number of H-pyrrole nitrogens is 1. The standard InChI is InChI=1S/C21H24N8O.2H2/c22-19-18(20-26-15-3-1-2-4-16(15)27-20)25-17(13-24-19)14-5-9-28(10-6-14)21(30)29-11-7-23-8-12-29;;/h1-5,13,23H,6-12H2,(H2,22,24)(H,26,27);2*1H. The number of benzene rings is 1. The second kappa shape index (κ2) is 7.75. The van der Waals surface area contributed by atoms with Crippen molar-refractivity contribution in [1.29, 1.82) is 0 Å². The Morgan fingerprint density at radius 3 is 2.70 bits per heavy atom. The largest absolute Gasteiger partial charge is 0.382 e. The van der Waals surface area contributed by atoms with Gasteiger partial charge < -0.3 is 25.8 Å². The summed E-state index contributed by atoms with van der Waals surface area (Å²) >= 11 is 0. The number of aromatic nitrogens is 4. The van der Waals surface area contributed by atoms with Crippen LogP contribution in [0.15, 0.2) is 36.5 Å². The van der Waals surface area contributed by atoms with Crippen molar-refractivity contribution in [1.82, 2.24) is 35.1 Å². The van der Waals surface area contributed by atoms with E-state index in [1.165, 1.54) is 0 Å². The van der Waals surface area contributed by atoms with Crippen molar-refractivity contribution < 1.29 is 7.65 Å². The summed E-state index contributed by atoms with van der Waals surface area (Å²) in [5, 5.41) is 3.28. The highest BCUT2D eigenvalue weighted by Crippen LogP contribution is 2.27. The van der Waals surface area contributed by atoms with Gasteiger partial charge in [0.2, 0.25) is 0 Å². The maximum Gasteiger partial charge on any atom is 0.320 e. The molecule has 0 spiro atoms. The Kier molecular flexibility index (Phi) is 4.80. The molecule has 0 bridgehead atoms. The van der Waals surface area contributed by atoms with E-state index in [4.69, 9.17) is 10.7 Å². The number of urea groups is 1. The highest BCUT2D eigenvalue weighted by molar-refractivity contribution is 5.81. The van der Waals surface area contributed by atoms with Crippen LogP contribution in [0.1, 0.15) is 15.0 Å². The molecule has 3 aromatic rings. The van der Waals surface area contributed by atoms with E-state index in [0.717, 1.165) is 54.9 Å². The lowest BCUT2D eigenvalue weighted by Crippen LogP contribution is -2.52. The van der Waals surface area contributed by atoms with Crippen molar-refractivity contribution in [3.05, 3.63) is 42.2 Å². The summed E-state index contributed by atoms with van der Waals surface area (Å²) in [4.78, 5) is 33.5. The zero-order valence-corrected chi connectivity index (χ0v) is 16.6. The summed E-state index contributed by atoms with van der Waals surface area (Å²) in [6, 6.07) is 7.91. The van der Waals surface area contributed by atoms with Crippen LogP contribution in [0, 0.1) is 0 Å².